The van der Waals surface area contributed by atoms with Crippen LogP contribution in [0.2, 0.25) is 0 Å². The second kappa shape index (κ2) is 8.50. The summed E-state index contributed by atoms with van der Waals surface area (Å²) < 4.78 is 0. The van der Waals surface area contributed by atoms with Gasteiger partial charge in [-0.1, -0.05) is 38.5 Å². The molecule has 0 saturated heterocycles. The van der Waals surface area contributed by atoms with Gasteiger partial charge in [0.15, 0.2) is 0 Å². The first-order valence-corrected chi connectivity index (χ1v) is 8.89. The van der Waals surface area contributed by atoms with Gasteiger partial charge in [0.1, 0.15) is 0 Å². The molecule has 0 amide bonds. The fraction of sp³-hybridized carbons (Fsp3) is 1.00. The normalized spacial score (nSPS) is 17.1. The van der Waals surface area contributed by atoms with Gasteiger partial charge in [0.25, 0.3) is 0 Å². The molecule has 1 aliphatic carbocycles. The van der Waals surface area contributed by atoms with Gasteiger partial charge in [-0.25, -0.2) is 30.1 Å². The molecule has 60 valence electrons. The molecule has 1 rings (SSSR count). The van der Waals surface area contributed by atoms with E-state index < -0.39 is 11.4 Å². The Bertz CT molecular complexity index is 49.7. The van der Waals surface area contributed by atoms with Crippen LogP contribution in [0.3, 0.4) is 0 Å². The van der Waals surface area contributed by atoms with Gasteiger partial charge in [0.2, 0.25) is 0 Å². The molecule has 0 atom stereocenters. The molecule has 1 aliphatic rings. The van der Waals surface area contributed by atoms with Crippen LogP contribution < -0.4 is 0 Å². The molecule has 4 heteroatoms. The van der Waals surface area contributed by atoms with Gasteiger partial charge in [-0.15, -0.1) is 0 Å². The molecule has 0 heterocycles. The van der Waals surface area contributed by atoms with E-state index in [-0.39, 0.29) is 0 Å². The van der Waals surface area contributed by atoms with Gasteiger partial charge in [-0.3, -0.25) is 0 Å². The van der Waals surface area contributed by atoms with Gasteiger partial charge < -0.3 is 0 Å². The molecular weight excluding hydrogens is 205 g/mol. The smallest absolute Gasteiger partial charge is 0.214 e. The first-order valence-electron chi connectivity index (χ1n) is 3.65. The Kier molecular flexibility index (Phi) is 9.69. The van der Waals surface area contributed by atoms with E-state index in [4.69, 9.17) is 30.1 Å². The van der Waals surface area contributed by atoms with Crippen molar-refractivity contribution >= 4 is 41.5 Å². The zero-order valence-corrected chi connectivity index (χ0v) is 9.38. The molecule has 0 spiro atoms. The minimum Gasteiger partial charge on any atom is -0.214 e. The second-order valence-electron chi connectivity index (χ2n) is 2.37. The number of hydrogen-bond donors (Lipinski definition) is 0. The van der Waals surface area contributed by atoms with Crippen molar-refractivity contribution in [3.05, 3.63) is 0 Å². The summed E-state index contributed by atoms with van der Waals surface area (Å²) in [4.78, 5) is 0. The molecule has 0 nitrogen and oxygen atoms in total. The van der Waals surface area contributed by atoms with E-state index in [0.29, 0.717) is 0 Å². The third-order valence-corrected chi connectivity index (χ3v) is 1.50. The van der Waals surface area contributed by atoms with Crippen LogP contribution in [0.5, 0.6) is 0 Å². The van der Waals surface area contributed by atoms with Crippen molar-refractivity contribution in [2.45, 2.75) is 38.5 Å². The lowest BCUT2D eigenvalue weighted by Gasteiger charge is -2.05. The molecule has 0 N–H and O–H groups in total. The summed E-state index contributed by atoms with van der Waals surface area (Å²) in [6.45, 7) is 0. The van der Waals surface area contributed by atoms with E-state index in [9.17, 15) is 0 Å². The molecule has 0 aromatic heterocycles. The van der Waals surface area contributed by atoms with Gasteiger partial charge in [-0.2, -0.15) is 0 Å². The van der Waals surface area contributed by atoms with Gasteiger partial charge in [0.05, 0.1) is 0 Å². The third-order valence-electron chi connectivity index (χ3n) is 1.50. The topological polar surface area (TPSA) is 0 Å². The van der Waals surface area contributed by atoms with E-state index in [0.717, 1.165) is 0 Å². The van der Waals surface area contributed by atoms with Crippen LogP contribution in [-0.4, -0.2) is 11.4 Å². The molecule has 0 aromatic carbocycles. The maximum absolute atomic E-state index is 4.94. The van der Waals surface area contributed by atoms with Crippen molar-refractivity contribution < 1.29 is 0 Å². The zero-order valence-electron chi connectivity index (χ0n) is 5.95. The Morgan fingerprint density at radius 3 is 0.800 bits per heavy atom. The first-order chi connectivity index (χ1) is 4.73. The summed E-state index contributed by atoms with van der Waals surface area (Å²) in [5, 5.41) is 0. The van der Waals surface area contributed by atoms with Crippen molar-refractivity contribution in [3.63, 3.8) is 0 Å². The van der Waals surface area contributed by atoms with Crippen molar-refractivity contribution in [1.29, 1.82) is 0 Å². The summed E-state index contributed by atoms with van der Waals surface area (Å²) in [6, 6.07) is 0. The lowest BCUT2D eigenvalue weighted by molar-refractivity contribution is 0.504. The highest BCUT2D eigenvalue weighted by Crippen LogP contribution is 2.15. The maximum atomic E-state index is 4.94. The van der Waals surface area contributed by atoms with Crippen LogP contribution in [-0.2, 0) is 0 Å². The summed E-state index contributed by atoms with van der Waals surface area (Å²) in [5.74, 6) is 0. The van der Waals surface area contributed by atoms with Gasteiger partial charge in [0, 0.05) is 0 Å². The quantitative estimate of drug-likeness (QED) is 0.538. The Hall–Kier alpha value is 1.40. The fourth-order valence-electron chi connectivity index (χ4n) is 1.06. The van der Waals surface area contributed by atoms with Crippen LogP contribution in [0.1, 0.15) is 38.5 Å². The molecular formula is C6H12AlCl3. The van der Waals surface area contributed by atoms with Gasteiger partial charge >= 0.3 is 11.4 Å². The Labute approximate surface area is 79.8 Å². The molecule has 0 aromatic rings. The predicted octanol–water partition coefficient (Wildman–Crippen LogP) is 4.03. The molecule has 0 bridgehead atoms. The van der Waals surface area contributed by atoms with E-state index in [2.05, 4.69) is 0 Å². The molecule has 10 heavy (non-hydrogen) atoms. The maximum Gasteiger partial charge on any atom is 0.643 e. The predicted molar refractivity (Wildman–Crippen MR) is 51.0 cm³/mol. The summed E-state index contributed by atoms with van der Waals surface area (Å²) in [7, 11) is 14.8. The van der Waals surface area contributed by atoms with E-state index in [1.54, 1.807) is 0 Å². The molecule has 1 fully saturated rings. The van der Waals surface area contributed by atoms with E-state index >= 15 is 0 Å². The molecule has 0 unspecified atom stereocenters. The minimum atomic E-state index is -1.72. The Morgan fingerprint density at radius 1 is 0.600 bits per heavy atom. The summed E-state index contributed by atoms with van der Waals surface area (Å²) in [6.07, 6.45) is 9.00. The number of hydrogen-bond acceptors (Lipinski definition) is 0. The van der Waals surface area contributed by atoms with Crippen LogP contribution in [0, 0.1) is 0 Å². The third kappa shape index (κ3) is 12.1. The van der Waals surface area contributed by atoms with Crippen LogP contribution in [0.4, 0.5) is 0 Å². The Morgan fingerprint density at radius 2 is 0.700 bits per heavy atom. The monoisotopic (exact) mass is 216 g/mol. The molecule has 1 saturated carbocycles. The molecule has 0 radical (unpaired) electrons. The SMILES string of the molecule is C1CCCCC1.[Cl][Al]([Cl])[Cl]. The second-order valence-corrected chi connectivity index (χ2v) is 8.80. The molecule has 0 aliphatic heterocycles. The van der Waals surface area contributed by atoms with Crippen molar-refractivity contribution in [2.75, 3.05) is 0 Å². The van der Waals surface area contributed by atoms with E-state index in [1.165, 1.54) is 38.5 Å². The van der Waals surface area contributed by atoms with Gasteiger partial charge in [-0.05, 0) is 0 Å². The van der Waals surface area contributed by atoms with Crippen LogP contribution in [0.25, 0.3) is 0 Å². The number of halogens is 3. The zero-order chi connectivity index (χ0) is 7.82. The highest BCUT2D eigenvalue weighted by molar-refractivity contribution is 7.54. The number of rotatable bonds is 0. The summed E-state index contributed by atoms with van der Waals surface area (Å²) in [5.41, 5.74) is 0. The fourth-order valence-corrected chi connectivity index (χ4v) is 1.06. The average molecular weight is 218 g/mol. The largest absolute Gasteiger partial charge is 0.643 e. The first kappa shape index (κ1) is 11.4. The average Bonchev–Trinajstić information content (AvgIpc) is 1.90. The lowest BCUT2D eigenvalue weighted by atomic mass is 10.0. The van der Waals surface area contributed by atoms with E-state index in [1.807, 2.05) is 0 Å². The highest BCUT2D eigenvalue weighted by Gasteiger charge is 2.00. The Balaban J connectivity index is 0.000000180. The standard InChI is InChI=1S/C6H12.Al.3ClH/c1-2-4-6-5-3-1;;;;/h1-6H2;;3*1H/q;+3;;;/p-3. The highest BCUT2D eigenvalue weighted by atomic mass is 35.8. The minimum absolute atomic E-state index is 1.50. The van der Waals surface area contributed by atoms with Crippen LogP contribution in [0.15, 0.2) is 0 Å². The lowest BCUT2D eigenvalue weighted by Crippen LogP contribution is -1.85. The van der Waals surface area contributed by atoms with Crippen molar-refractivity contribution in [3.8, 4) is 0 Å². The van der Waals surface area contributed by atoms with Crippen LogP contribution >= 0.6 is 30.1 Å². The van der Waals surface area contributed by atoms with Crippen molar-refractivity contribution in [1.82, 2.24) is 0 Å². The summed E-state index contributed by atoms with van der Waals surface area (Å²) >= 11 is -1.72. The van der Waals surface area contributed by atoms with Crippen molar-refractivity contribution in [2.24, 2.45) is 0 Å².